The molecule has 50 valence electrons. The van der Waals surface area contributed by atoms with Crippen LogP contribution in [0.5, 0.6) is 0 Å². The molecule has 0 atom stereocenters. The van der Waals surface area contributed by atoms with Gasteiger partial charge in [-0.15, -0.1) is 0 Å². The molecular weight excluding hydrogens is 354 g/mol. The Morgan fingerprint density at radius 3 is 0.556 bits per heavy atom. The van der Waals surface area contributed by atoms with Crippen molar-refractivity contribution in [2.45, 2.75) is 0 Å². The van der Waals surface area contributed by atoms with Gasteiger partial charge in [-0.1, -0.05) is 0 Å². The Hall–Kier alpha value is 1.62. The van der Waals surface area contributed by atoms with E-state index in [2.05, 4.69) is 0 Å². The quantitative estimate of drug-likeness (QED) is 0.497. The molecule has 9 heteroatoms. The van der Waals surface area contributed by atoms with Crippen molar-refractivity contribution >= 4 is 16.5 Å². The van der Waals surface area contributed by atoms with Gasteiger partial charge >= 0.3 is 65.0 Å². The molecule has 0 aliphatic heterocycles. The van der Waals surface area contributed by atoms with Crippen LogP contribution in [0.15, 0.2) is 0 Å². The molecule has 0 amide bonds. The molecule has 0 fully saturated rings. The first-order valence-corrected chi connectivity index (χ1v) is 1.06. The van der Waals surface area contributed by atoms with Gasteiger partial charge in [-0.2, -0.15) is 0 Å². The van der Waals surface area contributed by atoms with Crippen LogP contribution in [0.2, 0.25) is 0 Å². The third-order valence-electron chi connectivity index (χ3n) is 0. The summed E-state index contributed by atoms with van der Waals surface area (Å²) in [6.45, 7) is 0. The van der Waals surface area contributed by atoms with Gasteiger partial charge < -0.3 is 27.4 Å². The summed E-state index contributed by atoms with van der Waals surface area (Å²) in [7, 11) is 0. The summed E-state index contributed by atoms with van der Waals surface area (Å²) in [5.41, 5.74) is 0. The second-order valence-electron chi connectivity index (χ2n) is 0. The molecule has 0 aromatic carbocycles. The van der Waals surface area contributed by atoms with Gasteiger partial charge in [0, 0.05) is 0 Å². The second kappa shape index (κ2) is 272. The monoisotopic (exact) mass is 356 g/mol. The van der Waals surface area contributed by atoms with E-state index in [9.17, 15) is 0 Å². The molecule has 0 rings (SSSR count). The molecule has 0 unspecified atom stereocenters. The molecule has 0 spiro atoms. The van der Waals surface area contributed by atoms with Crippen molar-refractivity contribution in [1.29, 1.82) is 0 Å². The van der Waals surface area contributed by atoms with Crippen molar-refractivity contribution in [3.05, 3.63) is 0 Å². The minimum atomic E-state index is 0. The normalized spacial score (nSPS) is 0.444. The summed E-state index contributed by atoms with van der Waals surface area (Å²) in [6.07, 6.45) is 0. The van der Waals surface area contributed by atoms with Crippen molar-refractivity contribution in [3.63, 3.8) is 0 Å². The third kappa shape index (κ3) is 212. The van der Waals surface area contributed by atoms with E-state index in [0.29, 0.717) is 0 Å². The molecular formula is GeNb2O6. The first-order chi connectivity index (χ1) is 1.00. The van der Waals surface area contributed by atoms with Crippen LogP contribution in [0.3, 0.4) is 0 Å². The molecule has 0 aliphatic carbocycles. The Kier molecular flexibility index (Phi) is 4310. The van der Waals surface area contributed by atoms with Gasteiger partial charge in [0.25, 0.3) is 0 Å². The Morgan fingerprint density at radius 2 is 0.556 bits per heavy atom. The predicted molar refractivity (Wildman–Crippen MR) is 9.87 cm³/mol. The molecule has 0 N–H and O–H groups in total. The standard InChI is InChI=1S/GeO.2Nb.5O/c1-2;;;;;;;/q;2*+5;5*-2. The minimum absolute atomic E-state index is 0. The van der Waals surface area contributed by atoms with E-state index < -0.39 is 0 Å². The van der Waals surface area contributed by atoms with Gasteiger partial charge in [-0.05, 0) is 0 Å². The molecule has 0 saturated carbocycles. The van der Waals surface area contributed by atoms with Crippen LogP contribution in [0.25, 0.3) is 0 Å². The van der Waals surface area contributed by atoms with Crippen molar-refractivity contribution in [2.75, 3.05) is 0 Å². The maximum absolute atomic E-state index is 8.25. The molecule has 0 heterocycles. The van der Waals surface area contributed by atoms with E-state index in [-0.39, 0.29) is 72.1 Å². The fourth-order valence-corrected chi connectivity index (χ4v) is 0. The van der Waals surface area contributed by atoms with E-state index in [1.165, 1.54) is 0 Å². The maximum atomic E-state index is 8.25. The van der Waals surface area contributed by atoms with Crippen molar-refractivity contribution < 1.29 is 75.9 Å². The van der Waals surface area contributed by atoms with Crippen molar-refractivity contribution in [2.24, 2.45) is 0 Å². The first kappa shape index (κ1) is 143. The van der Waals surface area contributed by atoms with Crippen molar-refractivity contribution in [3.8, 4) is 0 Å². The topological polar surface area (TPSA) is 160 Å². The molecule has 9 heavy (non-hydrogen) atoms. The Bertz CT molecular complexity index is 11.0. The molecule has 0 aromatic rings. The van der Waals surface area contributed by atoms with Crippen LogP contribution in [0, 0.1) is 0 Å². The van der Waals surface area contributed by atoms with E-state index in [1.54, 1.807) is 0 Å². The SMILES string of the molecule is [Nb+5].[Nb+5].[O-2].[O-2].[O-2].[O-2].[O-2].[O]=[Ge]. The number of rotatable bonds is 0. The molecule has 6 nitrogen and oxygen atoms in total. The third-order valence-corrected chi connectivity index (χ3v) is 0. The first-order valence-electron chi connectivity index (χ1n) is 0.204. The Balaban J connectivity index is -0.000000000238. The summed E-state index contributed by atoms with van der Waals surface area (Å²) in [5, 5.41) is 0. The fraction of sp³-hybridized carbons (Fsp3) is 0. The van der Waals surface area contributed by atoms with E-state index in [1.807, 2.05) is 0 Å². The van der Waals surface area contributed by atoms with E-state index in [4.69, 9.17) is 3.78 Å². The van der Waals surface area contributed by atoms with E-state index in [0.717, 1.165) is 16.5 Å². The average Bonchev–Trinajstić information content (AvgIpc) is 1.00. The van der Waals surface area contributed by atoms with Gasteiger partial charge in [-0.25, -0.2) is 0 Å². The van der Waals surface area contributed by atoms with Gasteiger partial charge in [-0.3, -0.25) is 0 Å². The van der Waals surface area contributed by atoms with Gasteiger partial charge in [0.1, 0.15) is 0 Å². The Labute approximate surface area is 91.8 Å². The van der Waals surface area contributed by atoms with Gasteiger partial charge in [0.05, 0.1) is 0 Å². The molecule has 0 aliphatic rings. The molecule has 0 bridgehead atoms. The summed E-state index contributed by atoms with van der Waals surface area (Å²) in [5.74, 6) is 0. The zero-order valence-corrected chi connectivity index (χ0v) is 10.3. The summed E-state index contributed by atoms with van der Waals surface area (Å²) >= 11 is 0.750. The van der Waals surface area contributed by atoms with Crippen LogP contribution < -0.4 is 0 Å². The van der Waals surface area contributed by atoms with E-state index >= 15 is 0 Å². The molecule has 0 saturated heterocycles. The molecule has 2 radical (unpaired) electrons. The fourth-order valence-electron chi connectivity index (χ4n) is 0. The van der Waals surface area contributed by atoms with Crippen LogP contribution in [-0.4, -0.2) is 16.5 Å². The van der Waals surface area contributed by atoms with Crippen molar-refractivity contribution in [1.82, 2.24) is 0 Å². The number of hydrogen-bond donors (Lipinski definition) is 0. The van der Waals surface area contributed by atoms with Crippen LogP contribution in [0.1, 0.15) is 0 Å². The number of hydrogen-bond acceptors (Lipinski definition) is 1. The zero-order valence-electron chi connectivity index (χ0n) is 3.84. The van der Waals surface area contributed by atoms with Crippen LogP contribution in [-0.2, 0) is 75.9 Å². The second-order valence-corrected chi connectivity index (χ2v) is 0. The predicted octanol–water partition coefficient (Wildman–Crippen LogP) is -1.10. The average molecular weight is 354 g/mol. The zero-order chi connectivity index (χ0) is 2.00. The molecule has 0 aromatic heterocycles. The van der Waals surface area contributed by atoms with Gasteiger partial charge in [0.2, 0.25) is 0 Å². The van der Waals surface area contributed by atoms with Crippen LogP contribution in [0.4, 0.5) is 0 Å². The summed E-state index contributed by atoms with van der Waals surface area (Å²) in [6, 6.07) is 0. The van der Waals surface area contributed by atoms with Gasteiger partial charge in [0.15, 0.2) is 0 Å². The van der Waals surface area contributed by atoms with Crippen LogP contribution >= 0.6 is 0 Å². The summed E-state index contributed by atoms with van der Waals surface area (Å²) < 4.78 is 8.25. The summed E-state index contributed by atoms with van der Waals surface area (Å²) in [4.78, 5) is 0. The Morgan fingerprint density at radius 1 is 0.556 bits per heavy atom.